The first-order valence-electron chi connectivity index (χ1n) is 7.63. The van der Waals surface area contributed by atoms with E-state index in [1.165, 1.54) is 30.0 Å². The van der Waals surface area contributed by atoms with Gasteiger partial charge in [-0.3, -0.25) is 0 Å². The van der Waals surface area contributed by atoms with E-state index in [1.807, 2.05) is 6.07 Å². The first kappa shape index (κ1) is 17.0. The van der Waals surface area contributed by atoms with Gasteiger partial charge in [-0.25, -0.2) is 0 Å². The molecular formula is C18H28OSi. The minimum atomic E-state index is -1.53. The van der Waals surface area contributed by atoms with Gasteiger partial charge in [0.15, 0.2) is 8.32 Å². The zero-order valence-electron chi connectivity index (χ0n) is 13.6. The molecule has 0 aliphatic rings. The second-order valence-corrected chi connectivity index (χ2v) is 10.7. The zero-order chi connectivity index (χ0) is 15.2. The minimum Gasteiger partial charge on any atom is -0.413 e. The van der Waals surface area contributed by atoms with Crippen molar-refractivity contribution in [2.24, 2.45) is 0 Å². The summed E-state index contributed by atoms with van der Waals surface area (Å²) in [4.78, 5) is 0. The van der Waals surface area contributed by atoms with Crippen LogP contribution in [0.5, 0.6) is 0 Å². The molecule has 1 aromatic carbocycles. The van der Waals surface area contributed by atoms with Gasteiger partial charge in [-0.05, 0) is 48.3 Å². The van der Waals surface area contributed by atoms with Crippen molar-refractivity contribution in [3.05, 3.63) is 34.9 Å². The Labute approximate surface area is 125 Å². The van der Waals surface area contributed by atoms with E-state index in [0.29, 0.717) is 5.92 Å². The lowest BCUT2D eigenvalue weighted by Gasteiger charge is -2.24. The van der Waals surface area contributed by atoms with Crippen molar-refractivity contribution in [3.63, 3.8) is 0 Å². The van der Waals surface area contributed by atoms with Gasteiger partial charge in [0.2, 0.25) is 0 Å². The molecule has 2 heteroatoms. The van der Waals surface area contributed by atoms with Crippen LogP contribution in [0.1, 0.15) is 56.2 Å². The van der Waals surface area contributed by atoms with Gasteiger partial charge in [0.1, 0.15) is 0 Å². The number of benzene rings is 1. The molecule has 0 fully saturated rings. The lowest BCUT2D eigenvalue weighted by molar-refractivity contribution is 0.292. The molecule has 20 heavy (non-hydrogen) atoms. The molecule has 0 aliphatic carbocycles. The SMILES string of the molecule is C#Cc1ccc(CO[Si](C)(C)CCCC)c(C(C)C)c1. The van der Waals surface area contributed by atoms with Gasteiger partial charge in [-0.2, -0.15) is 0 Å². The van der Waals surface area contributed by atoms with Gasteiger partial charge >= 0.3 is 0 Å². The highest BCUT2D eigenvalue weighted by Crippen LogP contribution is 2.24. The predicted molar refractivity (Wildman–Crippen MR) is 90.5 cm³/mol. The second-order valence-electron chi connectivity index (χ2n) is 6.36. The highest BCUT2D eigenvalue weighted by Gasteiger charge is 2.22. The van der Waals surface area contributed by atoms with Crippen LogP contribution in [-0.4, -0.2) is 8.32 Å². The van der Waals surface area contributed by atoms with Crippen LogP contribution in [0.25, 0.3) is 0 Å². The maximum absolute atomic E-state index is 6.27. The Morgan fingerprint density at radius 1 is 1.30 bits per heavy atom. The smallest absolute Gasteiger partial charge is 0.187 e. The van der Waals surface area contributed by atoms with Gasteiger partial charge < -0.3 is 4.43 Å². The lowest BCUT2D eigenvalue weighted by Crippen LogP contribution is -2.29. The molecule has 0 heterocycles. The average molecular weight is 289 g/mol. The Balaban J connectivity index is 2.80. The van der Waals surface area contributed by atoms with E-state index in [2.05, 4.69) is 51.9 Å². The molecule has 0 saturated carbocycles. The number of terminal acetylenes is 1. The average Bonchev–Trinajstić information content (AvgIpc) is 2.42. The molecule has 0 amide bonds. The fraction of sp³-hybridized carbons (Fsp3) is 0.556. The third-order valence-corrected chi connectivity index (χ3v) is 6.17. The zero-order valence-corrected chi connectivity index (χ0v) is 14.6. The van der Waals surface area contributed by atoms with Gasteiger partial charge in [0.25, 0.3) is 0 Å². The summed E-state index contributed by atoms with van der Waals surface area (Å²) in [5.74, 6) is 3.19. The molecule has 1 rings (SSSR count). The molecule has 0 unspecified atom stereocenters. The normalized spacial score (nSPS) is 11.7. The largest absolute Gasteiger partial charge is 0.413 e. The third-order valence-electron chi connectivity index (χ3n) is 3.69. The Hall–Kier alpha value is -1.04. The van der Waals surface area contributed by atoms with Gasteiger partial charge in [0, 0.05) is 5.56 Å². The number of hydrogen-bond donors (Lipinski definition) is 0. The Bertz CT molecular complexity index is 469. The summed E-state index contributed by atoms with van der Waals surface area (Å²) < 4.78 is 6.27. The van der Waals surface area contributed by atoms with Gasteiger partial charge in [-0.1, -0.05) is 45.6 Å². The quantitative estimate of drug-likeness (QED) is 0.488. The molecule has 0 atom stereocenters. The van der Waals surface area contributed by atoms with Crippen LogP contribution >= 0.6 is 0 Å². The fourth-order valence-corrected chi connectivity index (χ4v) is 4.20. The van der Waals surface area contributed by atoms with Crippen molar-refractivity contribution in [2.45, 2.75) is 65.3 Å². The van der Waals surface area contributed by atoms with Crippen molar-refractivity contribution < 1.29 is 4.43 Å². The van der Waals surface area contributed by atoms with Crippen LogP contribution in [0.2, 0.25) is 19.1 Å². The Morgan fingerprint density at radius 2 is 2.00 bits per heavy atom. The molecule has 1 nitrogen and oxygen atoms in total. The van der Waals surface area contributed by atoms with Crippen LogP contribution in [-0.2, 0) is 11.0 Å². The van der Waals surface area contributed by atoms with Crippen LogP contribution in [0.3, 0.4) is 0 Å². The molecular weight excluding hydrogens is 260 g/mol. The number of rotatable bonds is 7. The molecule has 110 valence electrons. The van der Waals surface area contributed by atoms with Gasteiger partial charge in [0.05, 0.1) is 6.61 Å². The third kappa shape index (κ3) is 5.15. The standard InChI is InChI=1S/C18H28OSi/c1-7-9-12-20(5,6)19-14-17-11-10-16(8-2)13-18(17)15(3)4/h2,10-11,13,15H,7,9,12,14H2,1,3-6H3. The lowest BCUT2D eigenvalue weighted by atomic mass is 9.95. The van der Waals surface area contributed by atoms with E-state index in [4.69, 9.17) is 10.8 Å². The second kappa shape index (κ2) is 7.66. The summed E-state index contributed by atoms with van der Waals surface area (Å²) in [5.41, 5.74) is 3.57. The van der Waals surface area contributed by atoms with Crippen LogP contribution in [0.15, 0.2) is 18.2 Å². The topological polar surface area (TPSA) is 9.23 Å². The molecule has 0 saturated heterocycles. The van der Waals surface area contributed by atoms with E-state index in [1.54, 1.807) is 0 Å². The van der Waals surface area contributed by atoms with Crippen molar-refractivity contribution in [1.82, 2.24) is 0 Å². The van der Waals surface area contributed by atoms with Crippen molar-refractivity contribution in [1.29, 1.82) is 0 Å². The maximum atomic E-state index is 6.27. The molecule has 0 aromatic heterocycles. The summed E-state index contributed by atoms with van der Waals surface area (Å²) in [5, 5.41) is 0. The van der Waals surface area contributed by atoms with Crippen LogP contribution in [0.4, 0.5) is 0 Å². The van der Waals surface area contributed by atoms with E-state index < -0.39 is 8.32 Å². The highest BCUT2D eigenvalue weighted by atomic mass is 28.4. The molecule has 0 bridgehead atoms. The summed E-state index contributed by atoms with van der Waals surface area (Å²) in [7, 11) is -1.53. The summed E-state index contributed by atoms with van der Waals surface area (Å²) in [6, 6.07) is 7.52. The van der Waals surface area contributed by atoms with Gasteiger partial charge in [-0.15, -0.1) is 6.42 Å². The Kier molecular flexibility index (Phi) is 6.52. The number of hydrogen-bond acceptors (Lipinski definition) is 1. The molecule has 0 spiro atoms. The van der Waals surface area contributed by atoms with E-state index in [9.17, 15) is 0 Å². The van der Waals surface area contributed by atoms with E-state index >= 15 is 0 Å². The van der Waals surface area contributed by atoms with E-state index in [-0.39, 0.29) is 0 Å². The molecule has 0 N–H and O–H groups in total. The first-order valence-corrected chi connectivity index (χ1v) is 10.7. The predicted octanol–water partition coefficient (Wildman–Crippen LogP) is 5.31. The maximum Gasteiger partial charge on any atom is 0.187 e. The van der Waals surface area contributed by atoms with Crippen LogP contribution < -0.4 is 0 Å². The monoisotopic (exact) mass is 288 g/mol. The number of unbranched alkanes of at least 4 members (excludes halogenated alkanes) is 1. The summed E-state index contributed by atoms with van der Waals surface area (Å²) in [6.07, 6.45) is 8.01. The van der Waals surface area contributed by atoms with Crippen LogP contribution in [0, 0.1) is 12.3 Å². The summed E-state index contributed by atoms with van der Waals surface area (Å²) >= 11 is 0. The molecule has 1 aromatic rings. The Morgan fingerprint density at radius 3 is 2.55 bits per heavy atom. The van der Waals surface area contributed by atoms with E-state index in [0.717, 1.165) is 12.2 Å². The van der Waals surface area contributed by atoms with Crippen molar-refractivity contribution in [3.8, 4) is 12.3 Å². The fourth-order valence-electron chi connectivity index (χ4n) is 2.30. The van der Waals surface area contributed by atoms with Crippen molar-refractivity contribution >= 4 is 8.32 Å². The summed E-state index contributed by atoms with van der Waals surface area (Å²) in [6.45, 7) is 12.0. The minimum absolute atomic E-state index is 0.474. The van der Waals surface area contributed by atoms with Crippen molar-refractivity contribution in [2.75, 3.05) is 0 Å². The molecule has 0 aliphatic heterocycles. The molecule has 0 radical (unpaired) electrons. The first-order chi connectivity index (χ1) is 9.39. The highest BCUT2D eigenvalue weighted by molar-refractivity contribution is 6.71.